The maximum Gasteiger partial charge on any atom is 0.0368 e. The zero-order valence-electron chi connectivity index (χ0n) is 5.82. The molecule has 0 bridgehead atoms. The van der Waals surface area contributed by atoms with Crippen molar-refractivity contribution in [2.75, 3.05) is 0 Å². The average molecular weight is 143 g/mol. The van der Waals surface area contributed by atoms with Gasteiger partial charge in [-0.25, -0.2) is 0 Å². The summed E-state index contributed by atoms with van der Waals surface area (Å²) in [4.78, 5) is 0. The Balaban J connectivity index is 2.74. The van der Waals surface area contributed by atoms with E-state index in [4.69, 9.17) is 11.6 Å². The van der Waals surface area contributed by atoms with Crippen LogP contribution < -0.4 is 0 Å². The molecular formula is C8H11Cl. The summed E-state index contributed by atoms with van der Waals surface area (Å²) in [6.45, 7) is 4.30. The van der Waals surface area contributed by atoms with Crippen LogP contribution in [-0.4, -0.2) is 0 Å². The van der Waals surface area contributed by atoms with E-state index in [-0.39, 0.29) is 0 Å². The summed E-state index contributed by atoms with van der Waals surface area (Å²) >= 11 is 5.79. The van der Waals surface area contributed by atoms with Crippen molar-refractivity contribution in [1.82, 2.24) is 0 Å². The van der Waals surface area contributed by atoms with Gasteiger partial charge < -0.3 is 0 Å². The van der Waals surface area contributed by atoms with E-state index in [1.54, 1.807) is 0 Å². The van der Waals surface area contributed by atoms with Gasteiger partial charge in [0.05, 0.1) is 0 Å². The standard InChI is InChI=1S/C8H11Cl/c1-6-3-7(2)5-8(9)4-6/h4-6H,3H2,1-2H3. The molecule has 0 spiro atoms. The Morgan fingerprint density at radius 3 is 2.78 bits per heavy atom. The zero-order valence-corrected chi connectivity index (χ0v) is 6.57. The Morgan fingerprint density at radius 2 is 2.33 bits per heavy atom. The fraction of sp³-hybridized carbons (Fsp3) is 0.500. The van der Waals surface area contributed by atoms with Gasteiger partial charge in [-0.1, -0.05) is 30.2 Å². The van der Waals surface area contributed by atoms with Crippen LogP contribution in [0.4, 0.5) is 0 Å². The van der Waals surface area contributed by atoms with Crippen molar-refractivity contribution in [3.63, 3.8) is 0 Å². The van der Waals surface area contributed by atoms with Crippen LogP contribution in [0.2, 0.25) is 0 Å². The molecule has 1 unspecified atom stereocenters. The summed E-state index contributed by atoms with van der Waals surface area (Å²) in [5.74, 6) is 0.627. The van der Waals surface area contributed by atoms with Gasteiger partial charge in [0.2, 0.25) is 0 Å². The van der Waals surface area contributed by atoms with Crippen LogP contribution in [0.15, 0.2) is 22.8 Å². The number of hydrogen-bond acceptors (Lipinski definition) is 0. The highest BCUT2D eigenvalue weighted by Crippen LogP contribution is 2.23. The van der Waals surface area contributed by atoms with Crippen LogP contribution in [0.5, 0.6) is 0 Å². The van der Waals surface area contributed by atoms with Gasteiger partial charge in [0.25, 0.3) is 0 Å². The lowest BCUT2D eigenvalue weighted by molar-refractivity contribution is 0.705. The van der Waals surface area contributed by atoms with Crippen LogP contribution in [-0.2, 0) is 0 Å². The highest BCUT2D eigenvalue weighted by Gasteiger charge is 2.05. The van der Waals surface area contributed by atoms with Crippen molar-refractivity contribution in [3.8, 4) is 0 Å². The topological polar surface area (TPSA) is 0 Å². The molecule has 0 aromatic carbocycles. The van der Waals surface area contributed by atoms with E-state index < -0.39 is 0 Å². The molecule has 50 valence electrons. The minimum absolute atomic E-state index is 0.627. The first-order valence-corrected chi connectivity index (χ1v) is 3.61. The Bertz CT molecular complexity index is 165. The predicted octanol–water partition coefficient (Wildman–Crippen LogP) is 3.10. The molecule has 0 amide bonds. The molecule has 1 atom stereocenters. The first kappa shape index (κ1) is 6.88. The van der Waals surface area contributed by atoms with Gasteiger partial charge >= 0.3 is 0 Å². The van der Waals surface area contributed by atoms with Crippen LogP contribution in [0.1, 0.15) is 20.3 Å². The van der Waals surface area contributed by atoms with Crippen LogP contribution in [0, 0.1) is 5.92 Å². The molecule has 0 aromatic heterocycles. The third-order valence-electron chi connectivity index (χ3n) is 1.47. The highest BCUT2D eigenvalue weighted by atomic mass is 35.5. The second-order valence-corrected chi connectivity index (χ2v) is 3.16. The SMILES string of the molecule is CC1=CC(Cl)=CC(C)C1. The van der Waals surface area contributed by atoms with E-state index in [0.29, 0.717) is 5.92 Å². The van der Waals surface area contributed by atoms with Gasteiger partial charge in [-0.15, -0.1) is 0 Å². The minimum atomic E-state index is 0.627. The molecule has 0 radical (unpaired) electrons. The molecule has 1 rings (SSSR count). The molecular weight excluding hydrogens is 132 g/mol. The van der Waals surface area contributed by atoms with Gasteiger partial charge in [-0.2, -0.15) is 0 Å². The molecule has 1 aliphatic rings. The van der Waals surface area contributed by atoms with Crippen LogP contribution in [0.25, 0.3) is 0 Å². The lowest BCUT2D eigenvalue weighted by Crippen LogP contribution is -1.96. The Morgan fingerprint density at radius 1 is 1.67 bits per heavy atom. The van der Waals surface area contributed by atoms with Gasteiger partial charge in [0, 0.05) is 5.03 Å². The lowest BCUT2D eigenvalue weighted by Gasteiger charge is -2.11. The van der Waals surface area contributed by atoms with Gasteiger partial charge in [-0.3, -0.25) is 0 Å². The van der Waals surface area contributed by atoms with Crippen molar-refractivity contribution in [1.29, 1.82) is 0 Å². The first-order chi connectivity index (χ1) is 4.18. The third kappa shape index (κ3) is 1.87. The monoisotopic (exact) mass is 142 g/mol. The summed E-state index contributed by atoms with van der Waals surface area (Å²) in [6, 6.07) is 0. The maximum atomic E-state index is 5.79. The first-order valence-electron chi connectivity index (χ1n) is 3.23. The second-order valence-electron chi connectivity index (χ2n) is 2.72. The molecule has 0 aromatic rings. The maximum absolute atomic E-state index is 5.79. The average Bonchev–Trinajstić information content (AvgIpc) is 1.59. The summed E-state index contributed by atoms with van der Waals surface area (Å²) < 4.78 is 0. The van der Waals surface area contributed by atoms with Crippen molar-refractivity contribution in [3.05, 3.63) is 22.8 Å². The lowest BCUT2D eigenvalue weighted by atomic mass is 9.97. The number of hydrogen-bond donors (Lipinski definition) is 0. The zero-order chi connectivity index (χ0) is 6.85. The van der Waals surface area contributed by atoms with Gasteiger partial charge in [0.15, 0.2) is 0 Å². The Hall–Kier alpha value is -0.230. The van der Waals surface area contributed by atoms with Crippen LogP contribution in [0.3, 0.4) is 0 Å². The Labute approximate surface area is 61.2 Å². The molecule has 0 N–H and O–H groups in total. The van der Waals surface area contributed by atoms with Crippen molar-refractivity contribution >= 4 is 11.6 Å². The smallest absolute Gasteiger partial charge is 0.0368 e. The van der Waals surface area contributed by atoms with Gasteiger partial charge in [0.1, 0.15) is 0 Å². The number of rotatable bonds is 0. The second kappa shape index (κ2) is 2.57. The fourth-order valence-corrected chi connectivity index (χ4v) is 1.58. The van der Waals surface area contributed by atoms with Crippen molar-refractivity contribution in [2.45, 2.75) is 20.3 Å². The molecule has 0 nitrogen and oxygen atoms in total. The summed E-state index contributed by atoms with van der Waals surface area (Å²) in [5.41, 5.74) is 1.38. The molecule has 0 saturated carbocycles. The minimum Gasteiger partial charge on any atom is -0.0847 e. The summed E-state index contributed by atoms with van der Waals surface area (Å²) in [5, 5.41) is 0.895. The van der Waals surface area contributed by atoms with E-state index in [1.807, 2.05) is 6.08 Å². The normalized spacial score (nSPS) is 27.2. The quantitative estimate of drug-likeness (QED) is 0.488. The highest BCUT2D eigenvalue weighted by molar-refractivity contribution is 6.31. The van der Waals surface area contributed by atoms with Gasteiger partial charge in [-0.05, 0) is 25.3 Å². The third-order valence-corrected chi connectivity index (χ3v) is 1.71. The molecule has 9 heavy (non-hydrogen) atoms. The fourth-order valence-electron chi connectivity index (χ4n) is 1.18. The molecule has 1 heteroatoms. The van der Waals surface area contributed by atoms with Crippen molar-refractivity contribution < 1.29 is 0 Å². The molecule has 0 heterocycles. The summed E-state index contributed by atoms with van der Waals surface area (Å²) in [6.07, 6.45) is 5.28. The summed E-state index contributed by atoms with van der Waals surface area (Å²) in [7, 11) is 0. The molecule has 0 saturated heterocycles. The molecule has 0 aliphatic heterocycles. The number of allylic oxidation sites excluding steroid dienone is 4. The van der Waals surface area contributed by atoms with Crippen molar-refractivity contribution in [2.24, 2.45) is 5.92 Å². The molecule has 0 fully saturated rings. The van der Waals surface area contributed by atoms with E-state index in [9.17, 15) is 0 Å². The van der Waals surface area contributed by atoms with E-state index >= 15 is 0 Å². The van der Waals surface area contributed by atoms with Crippen LogP contribution >= 0.6 is 11.6 Å². The van der Waals surface area contributed by atoms with E-state index in [0.717, 1.165) is 11.5 Å². The Kier molecular flexibility index (Phi) is 1.97. The van der Waals surface area contributed by atoms with E-state index in [1.165, 1.54) is 5.57 Å². The van der Waals surface area contributed by atoms with E-state index in [2.05, 4.69) is 19.9 Å². The molecule has 1 aliphatic carbocycles. The predicted molar refractivity (Wildman–Crippen MR) is 41.5 cm³/mol. The largest absolute Gasteiger partial charge is 0.0847 e. The number of halogens is 1.